The molecule has 1 aromatic carbocycles. The van der Waals surface area contributed by atoms with E-state index in [1.807, 2.05) is 6.07 Å². The number of hydrogen-bond acceptors (Lipinski definition) is 6. The number of nitrogens with one attached hydrogen (secondary N) is 1. The van der Waals surface area contributed by atoms with Gasteiger partial charge < -0.3 is 19.4 Å². The van der Waals surface area contributed by atoms with Gasteiger partial charge in [0.1, 0.15) is 6.26 Å². The number of nitrogens with zero attached hydrogens (tertiary/aromatic N) is 3. The second-order valence-electron chi connectivity index (χ2n) is 6.34. The van der Waals surface area contributed by atoms with Gasteiger partial charge in [-0.1, -0.05) is 19.9 Å². The van der Waals surface area contributed by atoms with E-state index in [4.69, 9.17) is 9.68 Å². The molecule has 8 heteroatoms. The topological polar surface area (TPSA) is 108 Å². The molecule has 0 saturated heterocycles. The minimum Gasteiger partial charge on any atom is -0.464 e. The molecule has 0 unspecified atom stereocenters. The highest BCUT2D eigenvalue weighted by Crippen LogP contribution is 2.14. The number of carbonyl (C=O) groups is 2. The molecule has 0 spiro atoms. The van der Waals surface area contributed by atoms with Gasteiger partial charge in [0.15, 0.2) is 5.69 Å². The lowest BCUT2D eigenvalue weighted by atomic mass is 10.1. The van der Waals surface area contributed by atoms with Crippen molar-refractivity contribution >= 4 is 17.7 Å². The number of oxazole rings is 1. The van der Waals surface area contributed by atoms with Crippen LogP contribution >= 0.6 is 0 Å². The first-order chi connectivity index (χ1) is 12.9. The van der Waals surface area contributed by atoms with E-state index in [-0.39, 0.29) is 24.2 Å². The third-order valence-corrected chi connectivity index (χ3v) is 3.78. The summed E-state index contributed by atoms with van der Waals surface area (Å²) in [4.78, 5) is 29.8. The standard InChI is InChI=1S/C19H22N4O4/c1-13(2)7-8-23(11-17-22-16(12-27-17)18(24)26-3)19(25)21-15-6-4-5-14(9-15)10-20/h4-6,9,12-13H,7-8,11H2,1-3H3,(H,21,25). The molecule has 0 fully saturated rings. The summed E-state index contributed by atoms with van der Waals surface area (Å²) in [6.07, 6.45) is 1.99. The number of rotatable bonds is 7. The van der Waals surface area contributed by atoms with Gasteiger partial charge >= 0.3 is 12.0 Å². The summed E-state index contributed by atoms with van der Waals surface area (Å²) in [6, 6.07) is 8.35. The van der Waals surface area contributed by atoms with E-state index in [1.165, 1.54) is 13.4 Å². The lowest BCUT2D eigenvalue weighted by Crippen LogP contribution is -2.36. The van der Waals surface area contributed by atoms with Crippen LogP contribution in [0.2, 0.25) is 0 Å². The van der Waals surface area contributed by atoms with Gasteiger partial charge in [0.25, 0.3) is 0 Å². The van der Waals surface area contributed by atoms with Crippen molar-refractivity contribution in [2.24, 2.45) is 5.92 Å². The van der Waals surface area contributed by atoms with E-state index >= 15 is 0 Å². The smallest absolute Gasteiger partial charge is 0.360 e. The number of hydrogen-bond donors (Lipinski definition) is 1. The molecule has 1 aromatic heterocycles. The maximum atomic E-state index is 12.7. The summed E-state index contributed by atoms with van der Waals surface area (Å²) >= 11 is 0. The monoisotopic (exact) mass is 370 g/mol. The van der Waals surface area contributed by atoms with Crippen LogP contribution in [0.15, 0.2) is 34.9 Å². The van der Waals surface area contributed by atoms with Crippen molar-refractivity contribution < 1.29 is 18.7 Å². The molecular weight excluding hydrogens is 348 g/mol. The van der Waals surface area contributed by atoms with Crippen molar-refractivity contribution in [1.29, 1.82) is 5.26 Å². The van der Waals surface area contributed by atoms with Gasteiger partial charge in [0.05, 0.1) is 25.3 Å². The van der Waals surface area contributed by atoms with Crippen LogP contribution in [0.1, 0.15) is 42.2 Å². The van der Waals surface area contributed by atoms with Gasteiger partial charge in [-0.3, -0.25) is 0 Å². The average molecular weight is 370 g/mol. The second kappa shape index (κ2) is 9.38. The summed E-state index contributed by atoms with van der Waals surface area (Å²) in [6.45, 7) is 4.71. The van der Waals surface area contributed by atoms with Crippen molar-refractivity contribution in [3.8, 4) is 6.07 Å². The van der Waals surface area contributed by atoms with Crippen LogP contribution in [0.5, 0.6) is 0 Å². The van der Waals surface area contributed by atoms with Crippen LogP contribution in [-0.4, -0.2) is 35.5 Å². The van der Waals surface area contributed by atoms with E-state index in [2.05, 4.69) is 28.9 Å². The van der Waals surface area contributed by atoms with E-state index in [0.717, 1.165) is 6.42 Å². The zero-order valence-electron chi connectivity index (χ0n) is 15.6. The first-order valence-electron chi connectivity index (χ1n) is 8.51. The number of nitriles is 1. The Morgan fingerprint density at radius 3 is 2.85 bits per heavy atom. The molecule has 27 heavy (non-hydrogen) atoms. The quantitative estimate of drug-likeness (QED) is 0.748. The number of esters is 1. The van der Waals surface area contributed by atoms with Crippen molar-refractivity contribution in [2.75, 3.05) is 19.0 Å². The Hall–Kier alpha value is -3.34. The highest BCUT2D eigenvalue weighted by atomic mass is 16.5. The number of anilines is 1. The number of amides is 2. The van der Waals surface area contributed by atoms with Gasteiger partial charge in [-0.15, -0.1) is 0 Å². The minimum atomic E-state index is -0.600. The zero-order chi connectivity index (χ0) is 19.8. The van der Waals surface area contributed by atoms with Crippen LogP contribution in [0, 0.1) is 17.2 Å². The highest BCUT2D eigenvalue weighted by Gasteiger charge is 2.19. The summed E-state index contributed by atoms with van der Waals surface area (Å²) in [5, 5.41) is 11.8. The third kappa shape index (κ3) is 5.85. The molecule has 0 aliphatic rings. The number of aromatic nitrogens is 1. The van der Waals surface area contributed by atoms with Gasteiger partial charge in [0.2, 0.25) is 5.89 Å². The highest BCUT2D eigenvalue weighted by molar-refractivity contribution is 5.89. The average Bonchev–Trinajstić information content (AvgIpc) is 3.13. The fraction of sp³-hybridized carbons (Fsp3) is 0.368. The largest absolute Gasteiger partial charge is 0.464 e. The van der Waals surface area contributed by atoms with Crippen molar-refractivity contribution in [3.63, 3.8) is 0 Å². The molecule has 0 saturated carbocycles. The molecule has 142 valence electrons. The summed E-state index contributed by atoms with van der Waals surface area (Å²) in [5.41, 5.74) is 1.03. The van der Waals surface area contributed by atoms with Gasteiger partial charge in [-0.25, -0.2) is 14.6 Å². The van der Waals surface area contributed by atoms with E-state index in [1.54, 1.807) is 29.2 Å². The van der Waals surface area contributed by atoms with Crippen LogP contribution in [0.25, 0.3) is 0 Å². The van der Waals surface area contributed by atoms with Crippen LogP contribution in [0.3, 0.4) is 0 Å². The van der Waals surface area contributed by atoms with Crippen LogP contribution in [-0.2, 0) is 11.3 Å². The third-order valence-electron chi connectivity index (χ3n) is 3.78. The molecule has 0 atom stereocenters. The Morgan fingerprint density at radius 1 is 1.41 bits per heavy atom. The molecule has 0 aliphatic heterocycles. The Bertz CT molecular complexity index is 838. The SMILES string of the molecule is COC(=O)c1coc(CN(CCC(C)C)C(=O)Nc2cccc(C#N)c2)n1. The van der Waals surface area contributed by atoms with Gasteiger partial charge in [0, 0.05) is 12.2 Å². The predicted molar refractivity (Wildman–Crippen MR) is 97.9 cm³/mol. The number of ether oxygens (including phenoxy) is 1. The van der Waals surface area contributed by atoms with Crippen molar-refractivity contribution in [1.82, 2.24) is 9.88 Å². The first-order valence-corrected chi connectivity index (χ1v) is 8.51. The number of carbonyl (C=O) groups excluding carboxylic acids is 2. The van der Waals surface area contributed by atoms with Crippen molar-refractivity contribution in [3.05, 3.63) is 47.7 Å². The zero-order valence-corrected chi connectivity index (χ0v) is 15.6. The molecular formula is C19H22N4O4. The molecule has 2 aromatic rings. The predicted octanol–water partition coefficient (Wildman–Crippen LogP) is 3.41. The fourth-order valence-corrected chi connectivity index (χ4v) is 2.28. The van der Waals surface area contributed by atoms with E-state index < -0.39 is 5.97 Å². The number of benzene rings is 1. The molecule has 1 N–H and O–H groups in total. The van der Waals surface area contributed by atoms with Crippen LogP contribution < -0.4 is 5.32 Å². The van der Waals surface area contributed by atoms with Gasteiger partial charge in [-0.2, -0.15) is 5.26 Å². The Morgan fingerprint density at radius 2 is 2.19 bits per heavy atom. The first kappa shape index (κ1) is 20.0. The molecule has 8 nitrogen and oxygen atoms in total. The van der Waals surface area contributed by atoms with Gasteiger partial charge in [-0.05, 0) is 30.5 Å². The second-order valence-corrected chi connectivity index (χ2v) is 6.34. The molecule has 2 rings (SSSR count). The summed E-state index contributed by atoms with van der Waals surface area (Å²) < 4.78 is 9.89. The van der Waals surface area contributed by atoms with E-state index in [9.17, 15) is 9.59 Å². The lowest BCUT2D eigenvalue weighted by molar-refractivity contribution is 0.0594. The van der Waals surface area contributed by atoms with Crippen molar-refractivity contribution in [2.45, 2.75) is 26.8 Å². The fourth-order valence-electron chi connectivity index (χ4n) is 2.28. The number of urea groups is 1. The Labute approximate surface area is 157 Å². The minimum absolute atomic E-state index is 0.0541. The summed E-state index contributed by atoms with van der Waals surface area (Å²) in [7, 11) is 1.26. The van der Waals surface area contributed by atoms with Crippen LogP contribution in [0.4, 0.5) is 10.5 Å². The molecule has 0 aliphatic carbocycles. The summed E-state index contributed by atoms with van der Waals surface area (Å²) in [5.74, 6) is 0.0361. The maximum Gasteiger partial charge on any atom is 0.360 e. The lowest BCUT2D eigenvalue weighted by Gasteiger charge is -2.22. The molecule has 0 radical (unpaired) electrons. The number of methoxy groups -OCH3 is 1. The normalized spacial score (nSPS) is 10.3. The Balaban J connectivity index is 2.12. The Kier molecular flexibility index (Phi) is 6.94. The molecule has 0 bridgehead atoms. The molecule has 1 heterocycles. The maximum absolute atomic E-state index is 12.7. The van der Waals surface area contributed by atoms with E-state index in [0.29, 0.717) is 23.7 Å². The molecule has 2 amide bonds.